The average Bonchev–Trinajstić information content (AvgIpc) is 2.77. The molecule has 2 aromatic rings. The van der Waals surface area contributed by atoms with Gasteiger partial charge in [0.1, 0.15) is 6.10 Å². The molecule has 0 aliphatic carbocycles. The van der Waals surface area contributed by atoms with Crippen molar-refractivity contribution >= 4 is 11.5 Å². The van der Waals surface area contributed by atoms with Gasteiger partial charge in [0.25, 0.3) is 0 Å². The Morgan fingerprint density at radius 3 is 3.08 bits per heavy atom. The summed E-state index contributed by atoms with van der Waals surface area (Å²) in [4.78, 5) is 0.830. The molecular weight excluding hydrogens is 174 g/mol. The first kappa shape index (κ1) is 7.45. The maximum absolute atomic E-state index is 9.68. The monoisotopic (exact) mass is 181 g/mol. The van der Waals surface area contributed by atoms with Crippen molar-refractivity contribution in [2.75, 3.05) is 0 Å². The third-order valence-corrected chi connectivity index (χ3v) is 2.36. The van der Waals surface area contributed by atoms with Crippen LogP contribution in [0.1, 0.15) is 16.5 Å². The average molecular weight is 181 g/mol. The van der Waals surface area contributed by atoms with E-state index in [1.165, 1.54) is 11.5 Å². The standard InChI is InChI=1S/C7H7N3OS/c11-7(5-3-8-9-4-5)6-1-2-10-12-6/h1-4,7,11H,(H,8,9). The van der Waals surface area contributed by atoms with E-state index in [0.717, 1.165) is 10.4 Å². The molecule has 0 aliphatic heterocycles. The van der Waals surface area contributed by atoms with E-state index in [1.54, 1.807) is 24.7 Å². The maximum atomic E-state index is 9.68. The molecule has 0 saturated carbocycles. The Morgan fingerprint density at radius 1 is 1.58 bits per heavy atom. The molecule has 12 heavy (non-hydrogen) atoms. The first-order valence-electron chi connectivity index (χ1n) is 3.45. The van der Waals surface area contributed by atoms with Gasteiger partial charge in [0, 0.05) is 18.0 Å². The molecule has 4 nitrogen and oxygen atoms in total. The number of aliphatic hydroxyl groups is 1. The van der Waals surface area contributed by atoms with Crippen LogP contribution in [-0.4, -0.2) is 19.7 Å². The van der Waals surface area contributed by atoms with E-state index < -0.39 is 6.10 Å². The number of nitrogens with one attached hydrogen (secondary N) is 1. The Morgan fingerprint density at radius 2 is 2.50 bits per heavy atom. The predicted octanol–water partition coefficient (Wildman–Crippen LogP) is 0.948. The second kappa shape index (κ2) is 3.04. The lowest BCUT2D eigenvalue weighted by Crippen LogP contribution is -1.94. The summed E-state index contributed by atoms with van der Waals surface area (Å²) in [5.41, 5.74) is 0.763. The van der Waals surface area contributed by atoms with Gasteiger partial charge in [-0.15, -0.1) is 0 Å². The highest BCUT2D eigenvalue weighted by atomic mass is 32.1. The fraction of sp³-hybridized carbons (Fsp3) is 0.143. The SMILES string of the molecule is OC(c1cn[nH]c1)c1ccns1. The molecule has 62 valence electrons. The quantitative estimate of drug-likeness (QED) is 0.725. The van der Waals surface area contributed by atoms with Gasteiger partial charge < -0.3 is 5.11 Å². The van der Waals surface area contributed by atoms with Crippen molar-refractivity contribution in [1.82, 2.24) is 14.6 Å². The van der Waals surface area contributed by atoms with Gasteiger partial charge in [0.15, 0.2) is 0 Å². The number of H-pyrrole nitrogens is 1. The van der Waals surface area contributed by atoms with Crippen LogP contribution >= 0.6 is 11.5 Å². The molecule has 2 aromatic heterocycles. The number of hydrogen-bond donors (Lipinski definition) is 2. The molecule has 0 aliphatic rings. The summed E-state index contributed by atoms with van der Waals surface area (Å²) in [5, 5.41) is 16.1. The number of aromatic amines is 1. The molecule has 0 radical (unpaired) electrons. The third kappa shape index (κ3) is 1.24. The Bertz CT molecular complexity index is 295. The second-order valence-electron chi connectivity index (χ2n) is 2.35. The first-order chi connectivity index (χ1) is 5.88. The van der Waals surface area contributed by atoms with Gasteiger partial charge in [-0.25, -0.2) is 4.37 Å². The van der Waals surface area contributed by atoms with Crippen molar-refractivity contribution in [3.05, 3.63) is 35.1 Å². The zero-order chi connectivity index (χ0) is 8.39. The summed E-state index contributed by atoms with van der Waals surface area (Å²) in [6, 6.07) is 1.79. The number of nitrogens with zero attached hydrogens (tertiary/aromatic N) is 2. The largest absolute Gasteiger partial charge is 0.383 e. The zero-order valence-electron chi connectivity index (χ0n) is 6.14. The van der Waals surface area contributed by atoms with E-state index in [0.29, 0.717) is 0 Å². The molecule has 5 heteroatoms. The summed E-state index contributed by atoms with van der Waals surface area (Å²) in [6.45, 7) is 0. The molecule has 0 saturated heterocycles. The molecule has 2 N–H and O–H groups in total. The minimum Gasteiger partial charge on any atom is -0.383 e. The number of aromatic nitrogens is 3. The lowest BCUT2D eigenvalue weighted by Gasteiger charge is -2.02. The molecular formula is C7H7N3OS. The molecule has 0 spiro atoms. The van der Waals surface area contributed by atoms with Crippen LogP contribution in [0.25, 0.3) is 0 Å². The van der Waals surface area contributed by atoms with Crippen molar-refractivity contribution in [2.45, 2.75) is 6.10 Å². The highest BCUT2D eigenvalue weighted by molar-refractivity contribution is 7.05. The molecule has 1 atom stereocenters. The number of aliphatic hydroxyl groups excluding tert-OH is 1. The van der Waals surface area contributed by atoms with E-state index in [-0.39, 0.29) is 0 Å². The van der Waals surface area contributed by atoms with Crippen molar-refractivity contribution in [3.63, 3.8) is 0 Å². The van der Waals surface area contributed by atoms with Crippen molar-refractivity contribution in [1.29, 1.82) is 0 Å². The molecule has 2 heterocycles. The molecule has 2 rings (SSSR count). The lowest BCUT2D eigenvalue weighted by atomic mass is 10.2. The van der Waals surface area contributed by atoms with Crippen LogP contribution < -0.4 is 0 Å². The summed E-state index contributed by atoms with van der Waals surface area (Å²) in [6.07, 6.45) is 4.34. The first-order valence-corrected chi connectivity index (χ1v) is 4.22. The Labute approximate surface area is 73.0 Å². The van der Waals surface area contributed by atoms with E-state index in [4.69, 9.17) is 0 Å². The van der Waals surface area contributed by atoms with Gasteiger partial charge in [-0.3, -0.25) is 5.10 Å². The van der Waals surface area contributed by atoms with E-state index in [9.17, 15) is 5.11 Å². The summed E-state index contributed by atoms with van der Waals surface area (Å²) in [7, 11) is 0. The minimum atomic E-state index is -0.601. The molecule has 0 fully saturated rings. The second-order valence-corrected chi connectivity index (χ2v) is 3.21. The normalized spacial score (nSPS) is 13.1. The fourth-order valence-electron chi connectivity index (χ4n) is 0.941. The predicted molar refractivity (Wildman–Crippen MR) is 44.8 cm³/mol. The van der Waals surface area contributed by atoms with Crippen LogP contribution in [0.2, 0.25) is 0 Å². The number of rotatable bonds is 2. The van der Waals surface area contributed by atoms with Crippen molar-refractivity contribution in [2.24, 2.45) is 0 Å². The topological polar surface area (TPSA) is 61.8 Å². The van der Waals surface area contributed by atoms with E-state index in [1.807, 2.05) is 0 Å². The third-order valence-electron chi connectivity index (χ3n) is 1.56. The smallest absolute Gasteiger partial charge is 0.118 e. The summed E-state index contributed by atoms with van der Waals surface area (Å²) < 4.78 is 3.90. The van der Waals surface area contributed by atoms with Gasteiger partial charge in [-0.05, 0) is 17.6 Å². The van der Waals surface area contributed by atoms with Gasteiger partial charge >= 0.3 is 0 Å². The van der Waals surface area contributed by atoms with E-state index in [2.05, 4.69) is 14.6 Å². The summed E-state index contributed by atoms with van der Waals surface area (Å²) in [5.74, 6) is 0. The fourth-order valence-corrected chi connectivity index (χ4v) is 1.54. The minimum absolute atomic E-state index is 0.601. The van der Waals surface area contributed by atoms with Crippen LogP contribution in [0.5, 0.6) is 0 Å². The van der Waals surface area contributed by atoms with Gasteiger partial charge in [-0.2, -0.15) is 5.10 Å². The van der Waals surface area contributed by atoms with Crippen LogP contribution in [-0.2, 0) is 0 Å². The van der Waals surface area contributed by atoms with Crippen LogP contribution in [0.4, 0.5) is 0 Å². The van der Waals surface area contributed by atoms with Crippen molar-refractivity contribution < 1.29 is 5.11 Å². The van der Waals surface area contributed by atoms with Gasteiger partial charge in [0.05, 0.1) is 11.1 Å². The van der Waals surface area contributed by atoms with Gasteiger partial charge in [-0.1, -0.05) is 0 Å². The Kier molecular flexibility index (Phi) is 1.89. The van der Waals surface area contributed by atoms with Gasteiger partial charge in [0.2, 0.25) is 0 Å². The Balaban J connectivity index is 2.27. The maximum Gasteiger partial charge on any atom is 0.118 e. The highest BCUT2D eigenvalue weighted by Crippen LogP contribution is 2.22. The van der Waals surface area contributed by atoms with Crippen molar-refractivity contribution in [3.8, 4) is 0 Å². The van der Waals surface area contributed by atoms with Crippen LogP contribution in [0, 0.1) is 0 Å². The Hall–Kier alpha value is -1.20. The lowest BCUT2D eigenvalue weighted by molar-refractivity contribution is 0.224. The highest BCUT2D eigenvalue weighted by Gasteiger charge is 2.12. The molecule has 1 unspecified atom stereocenters. The number of hydrogen-bond acceptors (Lipinski definition) is 4. The summed E-state index contributed by atoms with van der Waals surface area (Å²) >= 11 is 1.29. The van der Waals surface area contributed by atoms with Crippen LogP contribution in [0.3, 0.4) is 0 Å². The zero-order valence-corrected chi connectivity index (χ0v) is 6.95. The molecule has 0 bridgehead atoms. The molecule has 0 aromatic carbocycles. The molecule has 0 amide bonds. The van der Waals surface area contributed by atoms with Crippen LogP contribution in [0.15, 0.2) is 24.7 Å². The van der Waals surface area contributed by atoms with E-state index >= 15 is 0 Å².